The summed E-state index contributed by atoms with van der Waals surface area (Å²) in [5, 5.41) is 19.1. The van der Waals surface area contributed by atoms with E-state index in [2.05, 4.69) is 4.72 Å². The van der Waals surface area contributed by atoms with Gasteiger partial charge in [0.15, 0.2) is 4.91 Å². The van der Waals surface area contributed by atoms with Crippen molar-refractivity contribution in [2.24, 2.45) is 0 Å². The van der Waals surface area contributed by atoms with E-state index in [1.54, 1.807) is 32.0 Å². The first-order valence-electron chi connectivity index (χ1n) is 8.29. The van der Waals surface area contributed by atoms with Crippen LogP contribution in [0.5, 0.6) is 5.75 Å². The highest BCUT2D eigenvalue weighted by atomic mass is 32.2. The van der Waals surface area contributed by atoms with Crippen molar-refractivity contribution in [1.29, 1.82) is 5.26 Å². The monoisotopic (exact) mass is 370 g/mol. The number of sulfonamides is 1. The van der Waals surface area contributed by atoms with Crippen molar-refractivity contribution in [3.05, 3.63) is 69.6 Å². The van der Waals surface area contributed by atoms with Gasteiger partial charge in [0.1, 0.15) is 11.8 Å². The van der Waals surface area contributed by atoms with Crippen molar-refractivity contribution in [3.8, 4) is 11.8 Å². The highest BCUT2D eigenvalue weighted by Crippen LogP contribution is 2.24. The van der Waals surface area contributed by atoms with Crippen molar-refractivity contribution in [2.45, 2.75) is 26.7 Å². The number of nitrogens with zero attached hydrogens (tertiary/aromatic N) is 1. The zero-order chi connectivity index (χ0) is 19.2. The highest BCUT2D eigenvalue weighted by Gasteiger charge is 2.17. The number of phenolic OH excluding ortho intramolecular Hbond substituents is 1. The molecule has 136 valence electrons. The van der Waals surface area contributed by atoms with Crippen LogP contribution in [-0.4, -0.2) is 20.1 Å². The maximum atomic E-state index is 12.4. The van der Waals surface area contributed by atoms with Crippen LogP contribution in [-0.2, 0) is 16.4 Å². The molecule has 2 rings (SSSR count). The van der Waals surface area contributed by atoms with E-state index < -0.39 is 10.0 Å². The number of benzene rings is 2. The minimum absolute atomic E-state index is 0.169. The molecule has 2 aromatic carbocycles. The Kier molecular flexibility index (Phi) is 6.56. The van der Waals surface area contributed by atoms with Crippen LogP contribution in [0.15, 0.2) is 47.4 Å². The Morgan fingerprint density at radius 3 is 2.38 bits per heavy atom. The SMILES string of the molecule is Cc1cc(C=C(C#N)S(=O)(=O)NCCCc2ccccc2)cc(C)c1O. The Morgan fingerprint density at radius 1 is 1.19 bits per heavy atom. The van der Waals surface area contributed by atoms with E-state index in [-0.39, 0.29) is 17.2 Å². The fourth-order valence-corrected chi connectivity index (χ4v) is 3.60. The fraction of sp³-hybridized carbons (Fsp3) is 0.250. The van der Waals surface area contributed by atoms with Crippen LogP contribution in [0.1, 0.15) is 28.7 Å². The quantitative estimate of drug-likeness (QED) is 0.577. The topological polar surface area (TPSA) is 90.2 Å². The zero-order valence-corrected chi connectivity index (χ0v) is 15.7. The third kappa shape index (κ3) is 5.19. The molecule has 0 saturated heterocycles. The van der Waals surface area contributed by atoms with Gasteiger partial charge in [-0.1, -0.05) is 30.3 Å². The first kappa shape index (κ1) is 19.7. The van der Waals surface area contributed by atoms with Crippen LogP contribution >= 0.6 is 0 Å². The lowest BCUT2D eigenvalue weighted by molar-refractivity contribution is 0.467. The van der Waals surface area contributed by atoms with Gasteiger partial charge in [-0.05, 0) is 67.2 Å². The largest absolute Gasteiger partial charge is 0.507 e. The lowest BCUT2D eigenvalue weighted by Crippen LogP contribution is -2.26. The summed E-state index contributed by atoms with van der Waals surface area (Å²) in [7, 11) is -3.87. The molecule has 0 spiro atoms. The van der Waals surface area contributed by atoms with Crippen LogP contribution < -0.4 is 4.72 Å². The second kappa shape index (κ2) is 8.65. The number of aryl methyl sites for hydroxylation is 3. The van der Waals surface area contributed by atoms with Crippen LogP contribution in [0, 0.1) is 25.2 Å². The Hall–Kier alpha value is -2.62. The molecule has 0 saturated carbocycles. The Balaban J connectivity index is 2.06. The lowest BCUT2D eigenvalue weighted by Gasteiger charge is -2.08. The second-order valence-electron chi connectivity index (χ2n) is 6.11. The molecule has 0 unspecified atom stereocenters. The average Bonchev–Trinajstić information content (AvgIpc) is 2.62. The molecule has 0 bridgehead atoms. The van der Waals surface area contributed by atoms with E-state index in [0.717, 1.165) is 12.0 Å². The van der Waals surface area contributed by atoms with Crippen molar-refractivity contribution in [2.75, 3.05) is 6.54 Å². The predicted molar refractivity (Wildman–Crippen MR) is 103 cm³/mol. The number of rotatable bonds is 7. The number of phenols is 1. The molecule has 0 radical (unpaired) electrons. The number of aromatic hydroxyl groups is 1. The van der Waals surface area contributed by atoms with E-state index in [1.807, 2.05) is 30.3 Å². The molecule has 0 aliphatic rings. The minimum atomic E-state index is -3.87. The van der Waals surface area contributed by atoms with Gasteiger partial charge >= 0.3 is 0 Å². The Labute approximate surface area is 154 Å². The molecule has 6 heteroatoms. The molecule has 0 aliphatic carbocycles. The van der Waals surface area contributed by atoms with Gasteiger partial charge in [0.25, 0.3) is 10.0 Å². The molecule has 5 nitrogen and oxygen atoms in total. The lowest BCUT2D eigenvalue weighted by atomic mass is 10.1. The smallest absolute Gasteiger partial charge is 0.250 e. The molecule has 26 heavy (non-hydrogen) atoms. The second-order valence-corrected chi connectivity index (χ2v) is 7.85. The molecule has 2 N–H and O–H groups in total. The van der Waals surface area contributed by atoms with Gasteiger partial charge in [-0.2, -0.15) is 5.26 Å². The molecular formula is C20H22N2O3S. The van der Waals surface area contributed by atoms with Gasteiger partial charge in [0.2, 0.25) is 0 Å². The van der Waals surface area contributed by atoms with Gasteiger partial charge in [-0.25, -0.2) is 13.1 Å². The molecule has 0 amide bonds. The molecule has 0 heterocycles. The molecular weight excluding hydrogens is 348 g/mol. The first-order chi connectivity index (χ1) is 12.3. The Bertz CT molecular complexity index is 920. The number of nitrogens with one attached hydrogen (secondary N) is 1. The molecule has 0 atom stereocenters. The van der Waals surface area contributed by atoms with Crippen molar-refractivity contribution >= 4 is 16.1 Å². The number of hydrogen-bond acceptors (Lipinski definition) is 4. The standard InChI is InChI=1S/C20H22N2O3S/c1-15-11-18(12-16(2)20(15)23)13-19(14-21)26(24,25)22-10-6-9-17-7-4-3-5-8-17/h3-5,7-8,11-13,22-23H,6,9-10H2,1-2H3. The van der Waals surface area contributed by atoms with E-state index in [4.69, 9.17) is 0 Å². The summed E-state index contributed by atoms with van der Waals surface area (Å²) in [4.78, 5) is -0.346. The van der Waals surface area contributed by atoms with E-state index in [9.17, 15) is 18.8 Å². The minimum Gasteiger partial charge on any atom is -0.507 e. The predicted octanol–water partition coefficient (Wildman–Crippen LogP) is 3.43. The molecule has 2 aromatic rings. The summed E-state index contributed by atoms with van der Waals surface area (Å²) in [6.45, 7) is 3.70. The maximum absolute atomic E-state index is 12.4. The summed E-state index contributed by atoms with van der Waals surface area (Å²) in [6.07, 6.45) is 2.71. The molecule has 0 aliphatic heterocycles. The van der Waals surface area contributed by atoms with Crippen LogP contribution in [0.4, 0.5) is 0 Å². The average molecular weight is 370 g/mol. The highest BCUT2D eigenvalue weighted by molar-refractivity contribution is 7.93. The third-order valence-electron chi connectivity index (χ3n) is 3.99. The fourth-order valence-electron chi connectivity index (χ4n) is 2.62. The third-order valence-corrected chi connectivity index (χ3v) is 5.36. The van der Waals surface area contributed by atoms with E-state index in [0.29, 0.717) is 23.1 Å². The van der Waals surface area contributed by atoms with Crippen LogP contribution in [0.3, 0.4) is 0 Å². The van der Waals surface area contributed by atoms with Gasteiger partial charge < -0.3 is 5.11 Å². The number of allylic oxidation sites excluding steroid dienone is 1. The van der Waals surface area contributed by atoms with Crippen molar-refractivity contribution in [3.63, 3.8) is 0 Å². The molecule has 0 fully saturated rings. The summed E-state index contributed by atoms with van der Waals surface area (Å²) < 4.78 is 27.2. The van der Waals surface area contributed by atoms with Gasteiger partial charge in [0.05, 0.1) is 0 Å². The summed E-state index contributed by atoms with van der Waals surface area (Å²) in [5.41, 5.74) is 2.95. The normalized spacial score (nSPS) is 12.0. The Morgan fingerprint density at radius 2 is 1.81 bits per heavy atom. The van der Waals surface area contributed by atoms with Crippen molar-refractivity contribution < 1.29 is 13.5 Å². The maximum Gasteiger partial charge on any atom is 0.250 e. The molecule has 0 aromatic heterocycles. The van der Waals surface area contributed by atoms with E-state index >= 15 is 0 Å². The summed E-state index contributed by atoms with van der Waals surface area (Å²) in [5.74, 6) is 0.169. The summed E-state index contributed by atoms with van der Waals surface area (Å²) in [6, 6.07) is 14.8. The first-order valence-corrected chi connectivity index (χ1v) is 9.77. The van der Waals surface area contributed by atoms with Crippen molar-refractivity contribution in [1.82, 2.24) is 4.72 Å². The zero-order valence-electron chi connectivity index (χ0n) is 14.9. The van der Waals surface area contributed by atoms with Gasteiger partial charge in [-0.3, -0.25) is 0 Å². The van der Waals surface area contributed by atoms with Gasteiger partial charge in [0, 0.05) is 6.54 Å². The van der Waals surface area contributed by atoms with Crippen LogP contribution in [0.25, 0.3) is 6.08 Å². The van der Waals surface area contributed by atoms with Crippen LogP contribution in [0.2, 0.25) is 0 Å². The number of hydrogen-bond donors (Lipinski definition) is 2. The van der Waals surface area contributed by atoms with Gasteiger partial charge in [-0.15, -0.1) is 0 Å². The number of nitriles is 1. The summed E-state index contributed by atoms with van der Waals surface area (Å²) >= 11 is 0. The van der Waals surface area contributed by atoms with E-state index in [1.165, 1.54) is 6.08 Å².